The first-order valence-corrected chi connectivity index (χ1v) is 9.35. The predicted molar refractivity (Wildman–Crippen MR) is 89.9 cm³/mol. The molecule has 24 heavy (non-hydrogen) atoms. The third-order valence-electron chi connectivity index (χ3n) is 4.27. The second-order valence-corrected chi connectivity index (χ2v) is 8.41. The Balaban J connectivity index is 2.00. The lowest BCUT2D eigenvalue weighted by atomic mass is 9.98. The van der Waals surface area contributed by atoms with Crippen LogP contribution in [-0.4, -0.2) is 50.1 Å². The first-order chi connectivity index (χ1) is 11.2. The fourth-order valence-corrected chi connectivity index (χ4v) is 3.95. The van der Waals surface area contributed by atoms with Gasteiger partial charge in [-0.1, -0.05) is 12.1 Å². The zero-order valence-corrected chi connectivity index (χ0v) is 15.0. The molecular weight excluding hydrogens is 333 g/mol. The van der Waals surface area contributed by atoms with Crippen LogP contribution in [0.3, 0.4) is 0 Å². The monoisotopic (exact) mass is 357 g/mol. The van der Waals surface area contributed by atoms with Crippen LogP contribution in [0.25, 0.3) is 0 Å². The summed E-state index contributed by atoms with van der Waals surface area (Å²) in [6, 6.07) is 5.70. The van der Waals surface area contributed by atoms with Crippen LogP contribution in [0, 0.1) is 11.7 Å². The van der Waals surface area contributed by atoms with E-state index in [4.69, 9.17) is 0 Å². The Morgan fingerprint density at radius 3 is 2.54 bits per heavy atom. The molecule has 1 N–H and O–H groups in total. The molecule has 0 aliphatic carbocycles. The number of hydrogen-bond acceptors (Lipinski definition) is 3. The van der Waals surface area contributed by atoms with Crippen LogP contribution in [0.4, 0.5) is 4.39 Å². The molecule has 0 radical (unpaired) electrons. The van der Waals surface area contributed by atoms with Crippen molar-refractivity contribution in [1.29, 1.82) is 0 Å². The van der Waals surface area contributed by atoms with Gasteiger partial charge in [-0.3, -0.25) is 4.79 Å². The molecule has 1 heterocycles. The number of nitrogens with zero attached hydrogens (tertiary/aromatic N) is 2. The molecule has 2 rings (SSSR count). The van der Waals surface area contributed by atoms with Gasteiger partial charge in [-0.05, 0) is 37.5 Å². The maximum absolute atomic E-state index is 13.0. The molecule has 0 unspecified atom stereocenters. The van der Waals surface area contributed by atoms with Crippen molar-refractivity contribution in [2.24, 2.45) is 5.92 Å². The topological polar surface area (TPSA) is 69.7 Å². The molecule has 1 aromatic rings. The van der Waals surface area contributed by atoms with Gasteiger partial charge in [0.2, 0.25) is 5.91 Å². The van der Waals surface area contributed by atoms with Gasteiger partial charge in [-0.2, -0.15) is 17.0 Å². The van der Waals surface area contributed by atoms with Gasteiger partial charge in [-0.15, -0.1) is 0 Å². The summed E-state index contributed by atoms with van der Waals surface area (Å²) < 4.78 is 39.9. The van der Waals surface area contributed by atoms with E-state index in [1.54, 1.807) is 12.1 Å². The van der Waals surface area contributed by atoms with Crippen molar-refractivity contribution in [1.82, 2.24) is 13.9 Å². The molecule has 0 spiro atoms. The third-order valence-corrected chi connectivity index (χ3v) is 6.18. The van der Waals surface area contributed by atoms with E-state index >= 15 is 0 Å². The number of nitrogens with one attached hydrogen (secondary N) is 1. The van der Waals surface area contributed by atoms with E-state index in [0.29, 0.717) is 19.4 Å². The second kappa shape index (κ2) is 7.58. The molecule has 1 fully saturated rings. The number of amides is 1. The SMILES string of the molecule is C[C@@H](NC(=O)[C@@H]1CCCN(S(=O)(=O)N(C)C)C1)c1ccc(F)cc1. The lowest BCUT2D eigenvalue weighted by molar-refractivity contribution is -0.126. The molecule has 1 aromatic carbocycles. The second-order valence-electron chi connectivity index (χ2n) is 6.27. The highest BCUT2D eigenvalue weighted by Gasteiger charge is 2.33. The van der Waals surface area contributed by atoms with Crippen LogP contribution in [0.2, 0.25) is 0 Å². The van der Waals surface area contributed by atoms with Crippen LogP contribution in [-0.2, 0) is 15.0 Å². The summed E-state index contributed by atoms with van der Waals surface area (Å²) in [5, 5.41) is 2.89. The van der Waals surface area contributed by atoms with E-state index in [2.05, 4.69) is 5.32 Å². The summed E-state index contributed by atoms with van der Waals surface area (Å²) in [4.78, 5) is 12.5. The number of carbonyl (C=O) groups is 1. The molecule has 8 heteroatoms. The first kappa shape index (κ1) is 18.8. The summed E-state index contributed by atoms with van der Waals surface area (Å²) in [5.41, 5.74) is 0.804. The lowest BCUT2D eigenvalue weighted by Gasteiger charge is -2.33. The molecule has 6 nitrogen and oxygen atoms in total. The van der Waals surface area contributed by atoms with Crippen molar-refractivity contribution >= 4 is 16.1 Å². The quantitative estimate of drug-likeness (QED) is 0.869. The van der Waals surface area contributed by atoms with Crippen LogP contribution in [0.5, 0.6) is 0 Å². The zero-order chi connectivity index (χ0) is 17.9. The first-order valence-electron chi connectivity index (χ1n) is 7.95. The Morgan fingerprint density at radius 2 is 1.96 bits per heavy atom. The van der Waals surface area contributed by atoms with Gasteiger partial charge in [0.1, 0.15) is 5.82 Å². The number of carbonyl (C=O) groups excluding carboxylic acids is 1. The van der Waals surface area contributed by atoms with Crippen molar-refractivity contribution in [2.45, 2.75) is 25.8 Å². The number of hydrogen-bond donors (Lipinski definition) is 1. The van der Waals surface area contributed by atoms with Gasteiger partial charge in [0.05, 0.1) is 12.0 Å². The van der Waals surface area contributed by atoms with E-state index in [-0.39, 0.29) is 30.2 Å². The van der Waals surface area contributed by atoms with Crippen molar-refractivity contribution < 1.29 is 17.6 Å². The van der Waals surface area contributed by atoms with Crippen LogP contribution in [0.15, 0.2) is 24.3 Å². The molecule has 0 bridgehead atoms. The minimum atomic E-state index is -3.51. The number of rotatable bonds is 5. The van der Waals surface area contributed by atoms with E-state index in [1.807, 2.05) is 6.92 Å². The highest BCUT2D eigenvalue weighted by atomic mass is 32.2. The average molecular weight is 357 g/mol. The fourth-order valence-electron chi connectivity index (χ4n) is 2.76. The van der Waals surface area contributed by atoms with Gasteiger partial charge in [-0.25, -0.2) is 4.39 Å². The summed E-state index contributed by atoms with van der Waals surface area (Å²) in [6.45, 7) is 2.43. The maximum Gasteiger partial charge on any atom is 0.281 e. The highest BCUT2D eigenvalue weighted by Crippen LogP contribution is 2.22. The van der Waals surface area contributed by atoms with Crippen LogP contribution >= 0.6 is 0 Å². The molecular formula is C16H24FN3O3S. The molecule has 2 atom stereocenters. The number of piperidine rings is 1. The Hall–Kier alpha value is -1.51. The van der Waals surface area contributed by atoms with Crippen molar-refractivity contribution in [3.63, 3.8) is 0 Å². The third kappa shape index (κ3) is 4.31. The van der Waals surface area contributed by atoms with Crippen LogP contribution in [0.1, 0.15) is 31.4 Å². The van der Waals surface area contributed by atoms with E-state index in [1.165, 1.54) is 30.5 Å². The zero-order valence-electron chi connectivity index (χ0n) is 14.2. The lowest BCUT2D eigenvalue weighted by Crippen LogP contribution is -2.49. The number of benzene rings is 1. The van der Waals surface area contributed by atoms with Crippen molar-refractivity contribution in [2.75, 3.05) is 27.2 Å². The maximum atomic E-state index is 13.0. The van der Waals surface area contributed by atoms with Gasteiger partial charge in [0.15, 0.2) is 0 Å². The normalized spacial score (nSPS) is 20.8. The summed E-state index contributed by atoms with van der Waals surface area (Å²) in [7, 11) is -0.543. The van der Waals surface area contributed by atoms with Crippen molar-refractivity contribution in [3.8, 4) is 0 Å². The predicted octanol–water partition coefficient (Wildman–Crippen LogP) is 1.52. The summed E-state index contributed by atoms with van der Waals surface area (Å²) in [6.07, 6.45) is 1.30. The summed E-state index contributed by atoms with van der Waals surface area (Å²) in [5.74, 6) is -0.879. The minimum absolute atomic E-state index is 0.175. The summed E-state index contributed by atoms with van der Waals surface area (Å²) >= 11 is 0. The van der Waals surface area contributed by atoms with Gasteiger partial charge < -0.3 is 5.32 Å². The van der Waals surface area contributed by atoms with Crippen LogP contribution < -0.4 is 5.32 Å². The molecule has 1 aliphatic heterocycles. The Bertz CT molecular complexity index is 676. The van der Waals surface area contributed by atoms with Gasteiger partial charge in [0, 0.05) is 27.2 Å². The molecule has 134 valence electrons. The van der Waals surface area contributed by atoms with E-state index in [0.717, 1.165) is 9.87 Å². The van der Waals surface area contributed by atoms with E-state index in [9.17, 15) is 17.6 Å². The smallest absolute Gasteiger partial charge is 0.281 e. The molecule has 0 aromatic heterocycles. The van der Waals surface area contributed by atoms with Gasteiger partial charge in [0.25, 0.3) is 10.2 Å². The number of halogens is 1. The largest absolute Gasteiger partial charge is 0.349 e. The minimum Gasteiger partial charge on any atom is -0.349 e. The average Bonchev–Trinajstić information content (AvgIpc) is 2.55. The Kier molecular flexibility index (Phi) is 5.95. The Morgan fingerprint density at radius 1 is 1.33 bits per heavy atom. The molecule has 1 aliphatic rings. The van der Waals surface area contributed by atoms with Crippen molar-refractivity contribution in [3.05, 3.63) is 35.6 Å². The molecule has 1 amide bonds. The molecule has 1 saturated heterocycles. The standard InChI is InChI=1S/C16H24FN3O3S/c1-12(13-6-8-15(17)9-7-13)18-16(21)14-5-4-10-20(11-14)24(22,23)19(2)3/h6-9,12,14H,4-5,10-11H2,1-3H3,(H,18,21)/t12-,14-/m1/s1. The van der Waals surface area contributed by atoms with Gasteiger partial charge >= 0.3 is 0 Å². The fraction of sp³-hybridized carbons (Fsp3) is 0.562. The van der Waals surface area contributed by atoms with E-state index < -0.39 is 10.2 Å². The highest BCUT2D eigenvalue weighted by molar-refractivity contribution is 7.86. The Labute approximate surface area is 142 Å². The molecule has 0 saturated carbocycles.